The smallest absolute Gasteiger partial charge is 0.341 e. The number of carbonyl (C=O) groups excluding carboxylic acids is 1. The van der Waals surface area contributed by atoms with Gasteiger partial charge in [0.1, 0.15) is 5.69 Å². The van der Waals surface area contributed by atoms with Crippen LogP contribution in [0.25, 0.3) is 11.5 Å². The second-order valence-corrected chi connectivity index (χ2v) is 3.80. The molecular formula is C12H14N4O2. The van der Waals surface area contributed by atoms with Gasteiger partial charge in [-0.05, 0) is 13.8 Å². The first-order valence-electron chi connectivity index (χ1n) is 5.61. The van der Waals surface area contributed by atoms with Crippen LogP contribution in [0.15, 0.2) is 18.7 Å². The lowest BCUT2D eigenvalue weighted by atomic mass is 10.2. The van der Waals surface area contributed by atoms with E-state index >= 15 is 0 Å². The van der Waals surface area contributed by atoms with E-state index in [0.29, 0.717) is 23.7 Å². The molecule has 0 aliphatic rings. The Kier molecular flexibility index (Phi) is 3.36. The molecule has 0 N–H and O–H groups in total. The molecular weight excluding hydrogens is 232 g/mol. The van der Waals surface area contributed by atoms with Gasteiger partial charge >= 0.3 is 5.97 Å². The molecule has 6 nitrogen and oxygen atoms in total. The van der Waals surface area contributed by atoms with Crippen LogP contribution in [0.2, 0.25) is 0 Å². The molecule has 0 aliphatic heterocycles. The molecule has 0 unspecified atom stereocenters. The van der Waals surface area contributed by atoms with Crippen LogP contribution in [0.1, 0.15) is 23.0 Å². The number of esters is 1. The number of hydrogen-bond donors (Lipinski definition) is 0. The number of ether oxygens (including phenoxy) is 1. The lowest BCUT2D eigenvalue weighted by Crippen LogP contribution is -2.09. The van der Waals surface area contributed by atoms with Crippen LogP contribution >= 0.6 is 0 Å². The second-order valence-electron chi connectivity index (χ2n) is 3.80. The van der Waals surface area contributed by atoms with E-state index in [0.717, 1.165) is 5.69 Å². The van der Waals surface area contributed by atoms with Gasteiger partial charge in [0.15, 0.2) is 5.82 Å². The average Bonchev–Trinajstić information content (AvgIpc) is 2.75. The third-order valence-electron chi connectivity index (χ3n) is 2.52. The zero-order chi connectivity index (χ0) is 13.1. The molecule has 0 atom stereocenters. The molecule has 0 spiro atoms. The standard InChI is InChI=1S/C12H14N4O2/c1-4-18-12(17)9-5-14-11(15-8(9)2)10-6-13-7-16(10)3/h5-7H,4H2,1-3H3. The highest BCUT2D eigenvalue weighted by Crippen LogP contribution is 2.15. The van der Waals surface area contributed by atoms with E-state index in [1.807, 2.05) is 11.6 Å². The number of nitrogens with zero attached hydrogens (tertiary/aromatic N) is 4. The van der Waals surface area contributed by atoms with Crippen molar-refractivity contribution in [2.45, 2.75) is 13.8 Å². The van der Waals surface area contributed by atoms with E-state index in [-0.39, 0.29) is 0 Å². The van der Waals surface area contributed by atoms with Crippen molar-refractivity contribution >= 4 is 5.97 Å². The minimum Gasteiger partial charge on any atom is -0.462 e. The van der Waals surface area contributed by atoms with Gasteiger partial charge in [-0.25, -0.2) is 19.7 Å². The molecule has 0 saturated heterocycles. The maximum Gasteiger partial charge on any atom is 0.341 e. The highest BCUT2D eigenvalue weighted by Gasteiger charge is 2.14. The van der Waals surface area contributed by atoms with Gasteiger partial charge in [-0.1, -0.05) is 0 Å². The Morgan fingerprint density at radius 1 is 1.44 bits per heavy atom. The largest absolute Gasteiger partial charge is 0.462 e. The molecule has 0 aromatic carbocycles. The van der Waals surface area contributed by atoms with Crippen LogP contribution in [0.3, 0.4) is 0 Å². The summed E-state index contributed by atoms with van der Waals surface area (Å²) in [6.07, 6.45) is 4.84. The maximum atomic E-state index is 11.6. The van der Waals surface area contributed by atoms with Gasteiger partial charge in [-0.2, -0.15) is 0 Å². The van der Waals surface area contributed by atoms with Gasteiger partial charge < -0.3 is 9.30 Å². The molecule has 0 saturated carbocycles. The van der Waals surface area contributed by atoms with Crippen molar-refractivity contribution in [1.29, 1.82) is 0 Å². The zero-order valence-corrected chi connectivity index (χ0v) is 10.5. The number of imidazole rings is 1. The minimum absolute atomic E-state index is 0.335. The molecule has 6 heteroatoms. The van der Waals surface area contributed by atoms with Crippen molar-refractivity contribution in [2.75, 3.05) is 6.61 Å². The van der Waals surface area contributed by atoms with E-state index in [4.69, 9.17) is 4.74 Å². The summed E-state index contributed by atoms with van der Waals surface area (Å²) in [5, 5.41) is 0. The fraction of sp³-hybridized carbons (Fsp3) is 0.333. The highest BCUT2D eigenvalue weighted by atomic mass is 16.5. The van der Waals surface area contributed by atoms with Crippen molar-refractivity contribution in [3.63, 3.8) is 0 Å². The van der Waals surface area contributed by atoms with Gasteiger partial charge in [-0.15, -0.1) is 0 Å². The van der Waals surface area contributed by atoms with Crippen molar-refractivity contribution in [1.82, 2.24) is 19.5 Å². The predicted octanol–water partition coefficient (Wildman–Crippen LogP) is 1.36. The lowest BCUT2D eigenvalue weighted by molar-refractivity contribution is 0.0524. The summed E-state index contributed by atoms with van der Waals surface area (Å²) in [4.78, 5) is 24.1. The molecule has 0 bridgehead atoms. The van der Waals surface area contributed by atoms with Gasteiger partial charge in [0, 0.05) is 13.2 Å². The number of rotatable bonds is 3. The molecule has 2 heterocycles. The quantitative estimate of drug-likeness (QED) is 0.765. The third kappa shape index (κ3) is 2.22. The molecule has 18 heavy (non-hydrogen) atoms. The van der Waals surface area contributed by atoms with Crippen LogP contribution in [-0.2, 0) is 11.8 Å². The van der Waals surface area contributed by atoms with Crippen LogP contribution in [0.4, 0.5) is 0 Å². The lowest BCUT2D eigenvalue weighted by Gasteiger charge is -2.06. The summed E-state index contributed by atoms with van der Waals surface area (Å²) < 4.78 is 6.74. The van der Waals surface area contributed by atoms with Crippen LogP contribution < -0.4 is 0 Å². The summed E-state index contributed by atoms with van der Waals surface area (Å²) in [6, 6.07) is 0. The van der Waals surface area contributed by atoms with E-state index in [1.165, 1.54) is 6.20 Å². The van der Waals surface area contributed by atoms with Crippen molar-refractivity contribution in [2.24, 2.45) is 7.05 Å². The van der Waals surface area contributed by atoms with Crippen LogP contribution in [0.5, 0.6) is 0 Å². The Morgan fingerprint density at radius 3 is 2.78 bits per heavy atom. The monoisotopic (exact) mass is 246 g/mol. The van der Waals surface area contributed by atoms with Gasteiger partial charge in [0.2, 0.25) is 0 Å². The molecule has 94 valence electrons. The topological polar surface area (TPSA) is 69.9 Å². The van der Waals surface area contributed by atoms with E-state index < -0.39 is 5.97 Å². The van der Waals surface area contributed by atoms with Gasteiger partial charge in [-0.3, -0.25) is 0 Å². The Balaban J connectivity index is 2.36. The third-order valence-corrected chi connectivity index (χ3v) is 2.52. The summed E-state index contributed by atoms with van der Waals surface area (Å²) >= 11 is 0. The van der Waals surface area contributed by atoms with Crippen LogP contribution in [0, 0.1) is 6.92 Å². The molecule has 2 rings (SSSR count). The molecule has 2 aromatic rings. The Labute approximate surface area is 105 Å². The number of carbonyl (C=O) groups is 1. The molecule has 0 aliphatic carbocycles. The molecule has 0 amide bonds. The number of aromatic nitrogens is 4. The Bertz CT molecular complexity index is 577. The van der Waals surface area contributed by atoms with Crippen molar-refractivity contribution in [3.8, 4) is 11.5 Å². The van der Waals surface area contributed by atoms with E-state index in [1.54, 1.807) is 26.4 Å². The SMILES string of the molecule is CCOC(=O)c1cnc(-c2cncn2C)nc1C. The summed E-state index contributed by atoms with van der Waals surface area (Å²) in [7, 11) is 1.86. The Morgan fingerprint density at radius 2 is 2.22 bits per heavy atom. The Hall–Kier alpha value is -2.24. The number of aryl methyl sites for hydroxylation is 2. The van der Waals surface area contributed by atoms with Gasteiger partial charge in [0.05, 0.1) is 30.4 Å². The van der Waals surface area contributed by atoms with Crippen molar-refractivity contribution in [3.05, 3.63) is 30.0 Å². The molecule has 2 aromatic heterocycles. The minimum atomic E-state index is -0.397. The van der Waals surface area contributed by atoms with Crippen molar-refractivity contribution < 1.29 is 9.53 Å². The first kappa shape index (κ1) is 12.2. The maximum absolute atomic E-state index is 11.6. The van der Waals surface area contributed by atoms with Gasteiger partial charge in [0.25, 0.3) is 0 Å². The highest BCUT2D eigenvalue weighted by molar-refractivity contribution is 5.90. The summed E-state index contributed by atoms with van der Waals surface area (Å²) in [5.41, 5.74) is 1.79. The second kappa shape index (κ2) is 4.95. The first-order valence-corrected chi connectivity index (χ1v) is 5.61. The predicted molar refractivity (Wildman–Crippen MR) is 64.9 cm³/mol. The average molecular weight is 246 g/mol. The summed E-state index contributed by atoms with van der Waals surface area (Å²) in [6.45, 7) is 3.85. The molecule has 0 radical (unpaired) electrons. The van der Waals surface area contributed by atoms with E-state index in [9.17, 15) is 4.79 Å². The zero-order valence-electron chi connectivity index (χ0n) is 10.5. The fourth-order valence-corrected chi connectivity index (χ4v) is 1.57. The number of hydrogen-bond acceptors (Lipinski definition) is 5. The summed E-state index contributed by atoms with van der Waals surface area (Å²) in [5.74, 6) is 0.145. The van der Waals surface area contributed by atoms with Crippen LogP contribution in [-0.4, -0.2) is 32.1 Å². The molecule has 0 fully saturated rings. The normalized spacial score (nSPS) is 10.4. The van der Waals surface area contributed by atoms with E-state index in [2.05, 4.69) is 15.0 Å². The first-order chi connectivity index (χ1) is 8.63. The fourth-order valence-electron chi connectivity index (χ4n) is 1.57.